The van der Waals surface area contributed by atoms with E-state index in [1.54, 1.807) is 12.3 Å². The van der Waals surface area contributed by atoms with Crippen LogP contribution in [-0.2, 0) is 4.74 Å². The maximum atomic E-state index is 9.87. The summed E-state index contributed by atoms with van der Waals surface area (Å²) in [5, 5.41) is 9.87. The highest BCUT2D eigenvalue weighted by Crippen LogP contribution is 2.56. The van der Waals surface area contributed by atoms with Gasteiger partial charge in [-0.25, -0.2) is 0 Å². The SMILES string of the molecule is OC1C=C2OC3=CC=CCC34C=CC=NC(=C24)C1. The zero-order valence-electron chi connectivity index (χ0n) is 9.84. The van der Waals surface area contributed by atoms with Crippen LogP contribution in [0.5, 0.6) is 0 Å². The molecule has 90 valence electrons. The first-order chi connectivity index (χ1) is 8.79. The highest BCUT2D eigenvalue weighted by molar-refractivity contribution is 5.76. The van der Waals surface area contributed by atoms with Crippen LogP contribution in [-0.4, -0.2) is 17.4 Å². The standard InChI is InChI=1S/C15H13NO2/c17-10-8-11-14-12(9-10)18-13-4-1-2-5-15(13,14)6-3-7-16-11/h1-4,6-7,9-10,17H,5,8H2. The Bertz CT molecular complexity index is 604. The molecule has 0 aromatic heterocycles. The fraction of sp³-hybridized carbons (Fsp3) is 0.267. The van der Waals surface area contributed by atoms with E-state index in [0.717, 1.165) is 29.2 Å². The Morgan fingerprint density at radius 1 is 1.39 bits per heavy atom. The van der Waals surface area contributed by atoms with Crippen LogP contribution in [0.2, 0.25) is 0 Å². The smallest absolute Gasteiger partial charge is 0.131 e. The summed E-state index contributed by atoms with van der Waals surface area (Å²) in [5.74, 6) is 1.72. The first kappa shape index (κ1) is 10.1. The topological polar surface area (TPSA) is 41.8 Å². The van der Waals surface area contributed by atoms with Crippen molar-refractivity contribution < 1.29 is 9.84 Å². The molecule has 1 fully saturated rings. The second-order valence-electron chi connectivity index (χ2n) is 5.00. The van der Waals surface area contributed by atoms with E-state index >= 15 is 0 Å². The van der Waals surface area contributed by atoms with Crippen molar-refractivity contribution in [1.82, 2.24) is 0 Å². The van der Waals surface area contributed by atoms with Crippen LogP contribution in [0.1, 0.15) is 12.8 Å². The van der Waals surface area contributed by atoms with E-state index in [1.807, 2.05) is 18.2 Å². The fourth-order valence-electron chi connectivity index (χ4n) is 3.14. The van der Waals surface area contributed by atoms with E-state index < -0.39 is 6.10 Å². The van der Waals surface area contributed by atoms with Gasteiger partial charge in [-0.1, -0.05) is 18.2 Å². The van der Waals surface area contributed by atoms with Gasteiger partial charge >= 0.3 is 0 Å². The summed E-state index contributed by atoms with van der Waals surface area (Å²) >= 11 is 0. The summed E-state index contributed by atoms with van der Waals surface area (Å²) < 4.78 is 5.93. The summed E-state index contributed by atoms with van der Waals surface area (Å²) in [7, 11) is 0. The summed E-state index contributed by atoms with van der Waals surface area (Å²) in [6.45, 7) is 0. The normalized spacial score (nSPS) is 35.5. The molecular weight excluding hydrogens is 226 g/mol. The van der Waals surface area contributed by atoms with Crippen LogP contribution < -0.4 is 0 Å². The van der Waals surface area contributed by atoms with Gasteiger partial charge in [0.15, 0.2) is 0 Å². The molecular formula is C15H13NO2. The Balaban J connectivity index is 2.01. The van der Waals surface area contributed by atoms with Gasteiger partial charge in [0.05, 0.1) is 17.2 Å². The minimum Gasteiger partial charge on any atom is -0.460 e. The molecule has 2 aliphatic carbocycles. The van der Waals surface area contributed by atoms with Crippen molar-refractivity contribution in [3.63, 3.8) is 0 Å². The van der Waals surface area contributed by atoms with Gasteiger partial charge in [-0.2, -0.15) is 0 Å². The van der Waals surface area contributed by atoms with Crippen molar-refractivity contribution in [2.75, 3.05) is 0 Å². The molecule has 1 N–H and O–H groups in total. The quantitative estimate of drug-likeness (QED) is 0.705. The van der Waals surface area contributed by atoms with Crippen LogP contribution in [0.15, 0.2) is 64.2 Å². The number of allylic oxidation sites excluding steroid dienone is 6. The minimum atomic E-state index is -0.500. The van der Waals surface area contributed by atoms with Crippen LogP contribution in [0.4, 0.5) is 0 Å². The van der Waals surface area contributed by atoms with Gasteiger partial charge in [-0.15, -0.1) is 0 Å². The summed E-state index contributed by atoms with van der Waals surface area (Å²) in [6.07, 6.45) is 14.9. The molecule has 1 saturated heterocycles. The van der Waals surface area contributed by atoms with Gasteiger partial charge < -0.3 is 9.84 Å². The first-order valence-electron chi connectivity index (χ1n) is 6.20. The maximum Gasteiger partial charge on any atom is 0.131 e. The predicted octanol–water partition coefficient (Wildman–Crippen LogP) is 2.39. The molecule has 0 bridgehead atoms. The van der Waals surface area contributed by atoms with Gasteiger partial charge in [0, 0.05) is 18.2 Å². The number of aliphatic hydroxyl groups excluding tert-OH is 1. The third-order valence-electron chi connectivity index (χ3n) is 3.91. The van der Waals surface area contributed by atoms with Crippen molar-refractivity contribution in [1.29, 1.82) is 0 Å². The number of aliphatic imine (C=N–C) groups is 1. The van der Waals surface area contributed by atoms with Crippen molar-refractivity contribution in [3.05, 3.63) is 59.2 Å². The van der Waals surface area contributed by atoms with E-state index in [9.17, 15) is 5.11 Å². The molecule has 2 heterocycles. The number of nitrogens with zero attached hydrogens (tertiary/aromatic N) is 1. The second kappa shape index (κ2) is 3.33. The summed E-state index contributed by atoms with van der Waals surface area (Å²) in [6, 6.07) is 0. The number of hydrogen-bond acceptors (Lipinski definition) is 3. The van der Waals surface area contributed by atoms with E-state index in [2.05, 4.69) is 17.1 Å². The highest BCUT2D eigenvalue weighted by atomic mass is 16.5. The minimum absolute atomic E-state index is 0.202. The Morgan fingerprint density at radius 3 is 3.28 bits per heavy atom. The molecule has 1 spiro atoms. The van der Waals surface area contributed by atoms with Gasteiger partial charge in [0.25, 0.3) is 0 Å². The second-order valence-corrected chi connectivity index (χ2v) is 5.00. The monoisotopic (exact) mass is 239 g/mol. The largest absolute Gasteiger partial charge is 0.460 e. The molecule has 3 heteroatoms. The van der Waals surface area contributed by atoms with Crippen molar-refractivity contribution in [3.8, 4) is 0 Å². The van der Waals surface area contributed by atoms with Gasteiger partial charge in [-0.3, -0.25) is 4.99 Å². The molecule has 18 heavy (non-hydrogen) atoms. The van der Waals surface area contributed by atoms with Gasteiger partial charge in [0.2, 0.25) is 0 Å². The lowest BCUT2D eigenvalue weighted by Crippen LogP contribution is -2.22. The number of ether oxygens (including phenoxy) is 1. The fourth-order valence-corrected chi connectivity index (χ4v) is 3.14. The Labute approximate surface area is 105 Å². The molecule has 0 amide bonds. The zero-order valence-corrected chi connectivity index (χ0v) is 9.84. The van der Waals surface area contributed by atoms with Crippen LogP contribution in [0.25, 0.3) is 0 Å². The maximum absolute atomic E-state index is 9.87. The number of hydrogen-bond donors (Lipinski definition) is 1. The van der Waals surface area contributed by atoms with E-state index in [1.165, 1.54) is 0 Å². The summed E-state index contributed by atoms with van der Waals surface area (Å²) in [4.78, 5) is 4.46. The third-order valence-corrected chi connectivity index (χ3v) is 3.91. The number of aliphatic hydroxyl groups is 1. The Hall–Kier alpha value is -1.87. The molecule has 2 unspecified atom stereocenters. The van der Waals surface area contributed by atoms with E-state index in [4.69, 9.17) is 4.74 Å². The molecule has 0 aromatic rings. The molecule has 0 aromatic carbocycles. The summed E-state index contributed by atoms with van der Waals surface area (Å²) in [5.41, 5.74) is 1.88. The molecule has 3 nitrogen and oxygen atoms in total. The van der Waals surface area contributed by atoms with Crippen molar-refractivity contribution >= 4 is 6.21 Å². The highest BCUT2D eigenvalue weighted by Gasteiger charge is 2.49. The lowest BCUT2D eigenvalue weighted by molar-refractivity contribution is 0.212. The molecule has 0 saturated carbocycles. The van der Waals surface area contributed by atoms with E-state index in [-0.39, 0.29) is 5.41 Å². The Kier molecular flexibility index (Phi) is 1.87. The molecule has 4 rings (SSSR count). The molecule has 0 radical (unpaired) electrons. The van der Waals surface area contributed by atoms with Gasteiger partial charge in [0.1, 0.15) is 11.5 Å². The number of rotatable bonds is 0. The van der Waals surface area contributed by atoms with Gasteiger partial charge in [-0.05, 0) is 24.6 Å². The average molecular weight is 239 g/mol. The van der Waals surface area contributed by atoms with E-state index in [0.29, 0.717) is 6.42 Å². The average Bonchev–Trinajstić information content (AvgIpc) is 2.57. The van der Waals surface area contributed by atoms with Crippen molar-refractivity contribution in [2.24, 2.45) is 10.4 Å². The lowest BCUT2D eigenvalue weighted by atomic mass is 9.72. The third kappa shape index (κ3) is 1.14. The zero-order chi connectivity index (χ0) is 12.2. The van der Waals surface area contributed by atoms with Crippen LogP contribution in [0.3, 0.4) is 0 Å². The molecule has 2 aliphatic heterocycles. The molecule has 4 aliphatic rings. The first-order valence-corrected chi connectivity index (χ1v) is 6.20. The Morgan fingerprint density at radius 2 is 2.33 bits per heavy atom. The van der Waals surface area contributed by atoms with Crippen LogP contribution in [0, 0.1) is 5.41 Å². The predicted molar refractivity (Wildman–Crippen MR) is 68.7 cm³/mol. The van der Waals surface area contributed by atoms with Crippen molar-refractivity contribution in [2.45, 2.75) is 18.9 Å². The molecule has 2 atom stereocenters. The van der Waals surface area contributed by atoms with Crippen LogP contribution >= 0.6 is 0 Å². The lowest BCUT2D eigenvalue weighted by Gasteiger charge is -2.28.